The second kappa shape index (κ2) is 8.95. The molecule has 0 aromatic heterocycles. The van der Waals surface area contributed by atoms with Crippen molar-refractivity contribution in [2.75, 3.05) is 6.54 Å². The highest BCUT2D eigenvalue weighted by atomic mass is 32.2. The molecule has 1 aliphatic heterocycles. The summed E-state index contributed by atoms with van der Waals surface area (Å²) in [6.07, 6.45) is 0.400. The first-order valence-corrected chi connectivity index (χ1v) is 11.8. The lowest BCUT2D eigenvalue weighted by atomic mass is 10.0. The molecule has 3 aromatic rings. The highest BCUT2D eigenvalue weighted by Crippen LogP contribution is 2.23. The second-order valence-electron chi connectivity index (χ2n) is 7.93. The summed E-state index contributed by atoms with van der Waals surface area (Å²) >= 11 is 0. The molecule has 3 aromatic carbocycles. The van der Waals surface area contributed by atoms with Gasteiger partial charge in [-0.3, -0.25) is 4.79 Å². The fourth-order valence-electron chi connectivity index (χ4n) is 3.87. The Morgan fingerprint density at radius 2 is 1.78 bits per heavy atom. The van der Waals surface area contributed by atoms with Crippen molar-refractivity contribution in [2.45, 2.75) is 30.8 Å². The van der Waals surface area contributed by atoms with Crippen molar-refractivity contribution in [2.24, 2.45) is 0 Å². The first-order chi connectivity index (χ1) is 15.4. The third-order valence-electron chi connectivity index (χ3n) is 5.54. The van der Waals surface area contributed by atoms with Crippen LogP contribution in [0, 0.1) is 18.3 Å². The minimum atomic E-state index is -3.83. The van der Waals surface area contributed by atoms with Crippen molar-refractivity contribution >= 4 is 15.9 Å². The molecule has 7 heteroatoms. The number of sulfonamides is 1. The lowest BCUT2D eigenvalue weighted by Crippen LogP contribution is -2.41. The Hall–Kier alpha value is -3.47. The van der Waals surface area contributed by atoms with Crippen molar-refractivity contribution in [1.82, 2.24) is 9.62 Å². The number of carbonyl (C=O) groups excluding carboxylic acids is 1. The van der Waals surface area contributed by atoms with E-state index in [2.05, 4.69) is 10.8 Å². The van der Waals surface area contributed by atoms with Gasteiger partial charge in [-0.25, -0.2) is 8.42 Å². The Bertz CT molecular complexity index is 1290. The zero-order valence-corrected chi connectivity index (χ0v) is 18.5. The van der Waals surface area contributed by atoms with E-state index in [1.54, 1.807) is 47.4 Å². The molecule has 1 aliphatic rings. The standard InChI is InChI=1S/C25H23N3O3S/c1-18-4-2-7-22(14-18)21-8-10-23(11-9-21)32(30,31)27-24-12-13-28(25(24)29)17-20-6-3-5-19(15-20)16-26/h2-11,14-15,24,27H,12-13,17H2,1H3/t24-/m0/s1. The molecule has 0 saturated carbocycles. The molecule has 0 bridgehead atoms. The molecular formula is C25H23N3O3S. The Morgan fingerprint density at radius 1 is 1.03 bits per heavy atom. The van der Waals surface area contributed by atoms with Crippen LogP contribution in [0.2, 0.25) is 0 Å². The zero-order valence-electron chi connectivity index (χ0n) is 17.7. The van der Waals surface area contributed by atoms with E-state index in [9.17, 15) is 13.2 Å². The van der Waals surface area contributed by atoms with Gasteiger partial charge in [0.15, 0.2) is 0 Å². The Labute approximate surface area is 188 Å². The van der Waals surface area contributed by atoms with Crippen molar-refractivity contribution in [3.63, 3.8) is 0 Å². The molecule has 1 heterocycles. The van der Waals surface area contributed by atoms with Gasteiger partial charge in [0.2, 0.25) is 15.9 Å². The van der Waals surface area contributed by atoms with Crippen molar-refractivity contribution in [3.05, 3.63) is 89.5 Å². The number of aryl methyl sites for hydroxylation is 1. The molecule has 0 unspecified atom stereocenters. The summed E-state index contributed by atoms with van der Waals surface area (Å²) in [4.78, 5) is 14.5. The van der Waals surface area contributed by atoms with Crippen LogP contribution in [0.5, 0.6) is 0 Å². The summed E-state index contributed by atoms with van der Waals surface area (Å²) in [5, 5.41) is 9.04. The van der Waals surface area contributed by atoms with Crippen LogP contribution < -0.4 is 4.72 Å². The molecule has 1 N–H and O–H groups in total. The third kappa shape index (κ3) is 4.72. The topological polar surface area (TPSA) is 90.3 Å². The molecule has 1 amide bonds. The van der Waals surface area contributed by atoms with Gasteiger partial charge in [0.1, 0.15) is 6.04 Å². The van der Waals surface area contributed by atoms with Crippen LogP contribution in [0.1, 0.15) is 23.1 Å². The number of nitrogens with one attached hydrogen (secondary N) is 1. The van der Waals surface area contributed by atoms with Gasteiger partial charge in [-0.2, -0.15) is 9.98 Å². The van der Waals surface area contributed by atoms with E-state index in [0.29, 0.717) is 25.1 Å². The van der Waals surface area contributed by atoms with Crippen LogP contribution in [-0.2, 0) is 21.4 Å². The molecule has 1 atom stereocenters. The molecule has 4 rings (SSSR count). The summed E-state index contributed by atoms with van der Waals surface area (Å²) in [5.41, 5.74) is 4.44. The molecule has 0 radical (unpaired) electrons. The average molecular weight is 446 g/mol. The molecule has 1 fully saturated rings. The van der Waals surface area contributed by atoms with E-state index in [0.717, 1.165) is 22.3 Å². The monoisotopic (exact) mass is 445 g/mol. The fraction of sp³-hybridized carbons (Fsp3) is 0.200. The van der Waals surface area contributed by atoms with Gasteiger partial charge in [-0.05, 0) is 54.3 Å². The van der Waals surface area contributed by atoms with Crippen LogP contribution in [0.4, 0.5) is 0 Å². The molecule has 0 spiro atoms. The van der Waals surface area contributed by atoms with Gasteiger partial charge < -0.3 is 4.90 Å². The van der Waals surface area contributed by atoms with E-state index in [-0.39, 0.29) is 10.8 Å². The summed E-state index contributed by atoms with van der Waals surface area (Å²) in [6.45, 7) is 2.81. The average Bonchev–Trinajstić information content (AvgIpc) is 3.12. The number of nitrogens with zero attached hydrogens (tertiary/aromatic N) is 2. The molecular weight excluding hydrogens is 422 g/mol. The maximum atomic E-state index is 12.9. The highest BCUT2D eigenvalue weighted by Gasteiger charge is 2.34. The number of amides is 1. The number of hydrogen-bond acceptors (Lipinski definition) is 4. The SMILES string of the molecule is Cc1cccc(-c2ccc(S(=O)(=O)N[C@H]3CCN(Cc4cccc(C#N)c4)C3=O)cc2)c1. The first-order valence-electron chi connectivity index (χ1n) is 10.3. The van der Waals surface area contributed by atoms with Gasteiger partial charge in [-0.1, -0.05) is 54.1 Å². The van der Waals surface area contributed by atoms with Crippen LogP contribution in [0.15, 0.2) is 77.7 Å². The Balaban J connectivity index is 1.44. The largest absolute Gasteiger partial charge is 0.337 e. The Morgan fingerprint density at radius 3 is 2.50 bits per heavy atom. The lowest BCUT2D eigenvalue weighted by molar-refractivity contribution is -0.129. The van der Waals surface area contributed by atoms with E-state index < -0.39 is 16.1 Å². The van der Waals surface area contributed by atoms with E-state index in [1.807, 2.05) is 37.3 Å². The molecule has 32 heavy (non-hydrogen) atoms. The minimum Gasteiger partial charge on any atom is -0.337 e. The third-order valence-corrected chi connectivity index (χ3v) is 7.03. The van der Waals surface area contributed by atoms with Gasteiger partial charge in [-0.15, -0.1) is 0 Å². The van der Waals surface area contributed by atoms with Gasteiger partial charge >= 0.3 is 0 Å². The normalized spacial score (nSPS) is 16.2. The number of nitriles is 1. The predicted octanol–water partition coefficient (Wildman–Crippen LogP) is 3.61. The maximum absolute atomic E-state index is 12.9. The predicted molar refractivity (Wildman–Crippen MR) is 122 cm³/mol. The van der Waals surface area contributed by atoms with Crippen LogP contribution in [0.3, 0.4) is 0 Å². The molecule has 6 nitrogen and oxygen atoms in total. The van der Waals surface area contributed by atoms with Crippen molar-refractivity contribution in [1.29, 1.82) is 5.26 Å². The first kappa shape index (κ1) is 21.8. The number of carbonyl (C=O) groups is 1. The minimum absolute atomic E-state index is 0.127. The smallest absolute Gasteiger partial charge is 0.241 e. The van der Waals surface area contributed by atoms with Gasteiger partial charge in [0.25, 0.3) is 0 Å². The van der Waals surface area contributed by atoms with E-state index >= 15 is 0 Å². The van der Waals surface area contributed by atoms with Crippen molar-refractivity contribution < 1.29 is 13.2 Å². The summed E-state index contributed by atoms with van der Waals surface area (Å²) < 4.78 is 28.3. The summed E-state index contributed by atoms with van der Waals surface area (Å²) in [7, 11) is -3.83. The number of likely N-dealkylation sites (tertiary alicyclic amines) is 1. The molecule has 1 saturated heterocycles. The Kier molecular flexibility index (Phi) is 6.08. The maximum Gasteiger partial charge on any atom is 0.241 e. The summed E-state index contributed by atoms with van der Waals surface area (Å²) in [6, 6.07) is 23.0. The molecule has 0 aliphatic carbocycles. The van der Waals surface area contributed by atoms with Gasteiger partial charge in [0.05, 0.1) is 16.5 Å². The second-order valence-corrected chi connectivity index (χ2v) is 9.64. The van der Waals surface area contributed by atoms with E-state index in [1.165, 1.54) is 0 Å². The lowest BCUT2D eigenvalue weighted by Gasteiger charge is -2.17. The quantitative estimate of drug-likeness (QED) is 0.628. The van der Waals surface area contributed by atoms with Gasteiger partial charge in [0, 0.05) is 13.1 Å². The van der Waals surface area contributed by atoms with Crippen LogP contribution in [-0.4, -0.2) is 31.8 Å². The molecule has 162 valence electrons. The van der Waals surface area contributed by atoms with Crippen LogP contribution >= 0.6 is 0 Å². The number of rotatable bonds is 6. The summed E-state index contributed by atoms with van der Waals surface area (Å²) in [5.74, 6) is -0.257. The highest BCUT2D eigenvalue weighted by molar-refractivity contribution is 7.89. The fourth-order valence-corrected chi connectivity index (χ4v) is 5.10. The zero-order chi connectivity index (χ0) is 22.7. The van der Waals surface area contributed by atoms with E-state index in [4.69, 9.17) is 5.26 Å². The van der Waals surface area contributed by atoms with Crippen LogP contribution in [0.25, 0.3) is 11.1 Å². The number of benzene rings is 3. The van der Waals surface area contributed by atoms with Crippen molar-refractivity contribution in [3.8, 4) is 17.2 Å². The number of hydrogen-bond donors (Lipinski definition) is 1.